The lowest BCUT2D eigenvalue weighted by atomic mass is 9.90. The summed E-state index contributed by atoms with van der Waals surface area (Å²) < 4.78 is 12.3. The Morgan fingerprint density at radius 1 is 0.929 bits per heavy atom. The number of carbonyl (C=O) groups is 5. The van der Waals surface area contributed by atoms with E-state index in [-0.39, 0.29) is 36.5 Å². The molecule has 3 fully saturated rings. The van der Waals surface area contributed by atoms with Crippen LogP contribution in [0.1, 0.15) is 99.1 Å². The predicted molar refractivity (Wildman–Crippen MR) is 205 cm³/mol. The van der Waals surface area contributed by atoms with Crippen LogP contribution in [0, 0.1) is 11.3 Å². The molecular weight excluding hydrogens is 736 g/mol. The monoisotopic (exact) mass is 778 g/mol. The number of piperidine rings is 2. The van der Waals surface area contributed by atoms with Crippen molar-refractivity contribution >= 4 is 46.8 Å². The van der Waals surface area contributed by atoms with Gasteiger partial charge in [0.1, 0.15) is 17.9 Å². The number of hydrogen-bond acceptors (Lipinski definition) is 10. The van der Waals surface area contributed by atoms with E-state index in [2.05, 4.69) is 26.5 Å². The van der Waals surface area contributed by atoms with E-state index in [1.165, 1.54) is 0 Å². The highest BCUT2D eigenvalue weighted by atomic mass is 35.5. The molecule has 5 aliphatic rings. The Bertz CT molecular complexity index is 2090. The molecule has 0 spiro atoms. The standard InChI is InChI=1S/C42H43ClN6O7/c1-55-42(24-47-22-27-18-33-34(19-28(27)23-47)41(54)49(40(33)53)36-12-13-37(50)46-39(36)52)14-16-48(17-15-42)30-7-2-25(3-8-30)38(51)45-29-5-10-31(11-6-29)56-32-9-4-26(21-44)35(43)20-32/h2-4,7-9,18-20,29,31,36H,5-6,10-17,22-24H2,1H3,(H,45,51)(H,46,50,52)/t29-,31-,36?. The Balaban J connectivity index is 0.811. The maximum Gasteiger partial charge on any atom is 0.262 e. The molecule has 0 aromatic heterocycles. The molecule has 1 aliphatic carbocycles. The molecule has 1 atom stereocenters. The topological polar surface area (TPSA) is 161 Å². The van der Waals surface area contributed by atoms with Gasteiger partial charge in [0, 0.05) is 69.6 Å². The summed E-state index contributed by atoms with van der Waals surface area (Å²) >= 11 is 6.15. The van der Waals surface area contributed by atoms with Gasteiger partial charge < -0.3 is 19.7 Å². The lowest BCUT2D eigenvalue weighted by Crippen LogP contribution is -2.54. The van der Waals surface area contributed by atoms with E-state index in [1.807, 2.05) is 24.3 Å². The molecule has 0 radical (unpaired) electrons. The third-order valence-corrected chi connectivity index (χ3v) is 12.3. The number of hydrogen-bond donors (Lipinski definition) is 2. The van der Waals surface area contributed by atoms with Gasteiger partial charge in [-0.2, -0.15) is 5.26 Å². The van der Waals surface area contributed by atoms with Crippen LogP contribution in [0.4, 0.5) is 5.69 Å². The van der Waals surface area contributed by atoms with Crippen LogP contribution < -0.4 is 20.3 Å². The number of imide groups is 2. The van der Waals surface area contributed by atoms with E-state index >= 15 is 0 Å². The predicted octanol–water partition coefficient (Wildman–Crippen LogP) is 4.73. The number of halogens is 1. The van der Waals surface area contributed by atoms with Crippen LogP contribution >= 0.6 is 11.6 Å². The van der Waals surface area contributed by atoms with Gasteiger partial charge in [-0.25, -0.2) is 0 Å². The number of anilines is 1. The summed E-state index contributed by atoms with van der Waals surface area (Å²) in [5.74, 6) is -1.44. The van der Waals surface area contributed by atoms with E-state index in [4.69, 9.17) is 26.3 Å². The van der Waals surface area contributed by atoms with Crippen molar-refractivity contribution in [1.82, 2.24) is 20.4 Å². The molecule has 1 unspecified atom stereocenters. The second kappa shape index (κ2) is 15.3. The zero-order valence-corrected chi connectivity index (χ0v) is 31.9. The van der Waals surface area contributed by atoms with Gasteiger partial charge >= 0.3 is 0 Å². The lowest BCUT2D eigenvalue weighted by molar-refractivity contribution is -0.136. The van der Waals surface area contributed by atoms with E-state index in [0.29, 0.717) is 52.7 Å². The summed E-state index contributed by atoms with van der Waals surface area (Å²) in [6, 6.07) is 17.6. The second-order valence-electron chi connectivity index (χ2n) is 15.5. The molecule has 3 aromatic carbocycles. The van der Waals surface area contributed by atoms with Crippen LogP contribution in [-0.4, -0.2) is 89.9 Å². The van der Waals surface area contributed by atoms with Gasteiger partial charge in [-0.05, 0) is 105 Å². The quantitative estimate of drug-likeness (QED) is 0.291. The van der Waals surface area contributed by atoms with Gasteiger partial charge in [0.2, 0.25) is 11.8 Å². The molecule has 56 heavy (non-hydrogen) atoms. The Morgan fingerprint density at radius 3 is 2.18 bits per heavy atom. The van der Waals surface area contributed by atoms with Crippen LogP contribution in [0.5, 0.6) is 5.75 Å². The first-order valence-corrected chi connectivity index (χ1v) is 19.6. The van der Waals surface area contributed by atoms with Gasteiger partial charge in [-0.15, -0.1) is 0 Å². The van der Waals surface area contributed by atoms with E-state index < -0.39 is 29.7 Å². The minimum absolute atomic E-state index is 0.0286. The van der Waals surface area contributed by atoms with Crippen molar-refractivity contribution in [2.75, 3.05) is 31.6 Å². The van der Waals surface area contributed by atoms with Crippen LogP contribution in [-0.2, 0) is 27.4 Å². The molecule has 4 heterocycles. The summed E-state index contributed by atoms with van der Waals surface area (Å²) in [4.78, 5) is 69.6. The molecule has 5 amide bonds. The average molecular weight is 779 g/mol. The van der Waals surface area contributed by atoms with Crippen molar-refractivity contribution in [3.05, 3.63) is 93.0 Å². The fourth-order valence-corrected chi connectivity index (χ4v) is 9.04. The number of amides is 5. The fraction of sp³-hybridized carbons (Fsp3) is 0.429. The highest BCUT2D eigenvalue weighted by Gasteiger charge is 2.46. The van der Waals surface area contributed by atoms with Crippen molar-refractivity contribution in [1.29, 1.82) is 5.26 Å². The first-order chi connectivity index (χ1) is 27.0. The van der Waals surface area contributed by atoms with Crippen molar-refractivity contribution in [2.45, 2.75) is 88.2 Å². The first-order valence-electron chi connectivity index (χ1n) is 19.2. The second-order valence-corrected chi connectivity index (χ2v) is 15.9. The molecule has 1 saturated carbocycles. The number of nitrogens with one attached hydrogen (secondary N) is 2. The Labute approximate surface area is 329 Å². The molecule has 2 N–H and O–H groups in total. The Morgan fingerprint density at radius 2 is 1.59 bits per heavy atom. The first kappa shape index (κ1) is 37.6. The van der Waals surface area contributed by atoms with E-state index in [0.717, 1.165) is 73.3 Å². The number of nitrogens with zero attached hydrogens (tertiary/aromatic N) is 4. The Hall–Kier alpha value is -5.29. The van der Waals surface area contributed by atoms with Gasteiger partial charge in [-0.3, -0.25) is 39.1 Å². The molecule has 4 aliphatic heterocycles. The third kappa shape index (κ3) is 7.36. The molecule has 0 bridgehead atoms. The maximum absolute atomic E-state index is 13.4. The molecule has 14 heteroatoms. The summed E-state index contributed by atoms with van der Waals surface area (Å²) in [5.41, 5.74) is 4.29. The highest BCUT2D eigenvalue weighted by molar-refractivity contribution is 6.31. The Kier molecular flexibility index (Phi) is 10.3. The average Bonchev–Trinajstić information content (AvgIpc) is 3.70. The molecule has 290 valence electrons. The number of ether oxygens (including phenoxy) is 2. The number of methoxy groups -OCH3 is 1. The van der Waals surface area contributed by atoms with Crippen molar-refractivity contribution in [3.63, 3.8) is 0 Å². The van der Waals surface area contributed by atoms with Gasteiger partial charge in [-0.1, -0.05) is 11.6 Å². The molecule has 3 aromatic rings. The minimum Gasteiger partial charge on any atom is -0.490 e. The van der Waals surface area contributed by atoms with Crippen LogP contribution in [0.25, 0.3) is 0 Å². The molecule has 8 rings (SSSR count). The van der Waals surface area contributed by atoms with E-state index in [9.17, 15) is 24.0 Å². The minimum atomic E-state index is -0.983. The molecular formula is C42H43ClN6O7. The van der Waals surface area contributed by atoms with Gasteiger partial charge in [0.15, 0.2) is 0 Å². The SMILES string of the molecule is COC1(CN2Cc3cc4c(cc3C2)C(=O)N(C2CCC(=O)NC2=O)C4=O)CCN(c2ccc(C(=O)N[C@H]3CC[C@H](Oc4ccc(C#N)c(Cl)c4)CC3)cc2)CC1. The smallest absolute Gasteiger partial charge is 0.262 e. The number of nitriles is 1. The third-order valence-electron chi connectivity index (χ3n) is 12.0. The molecule has 2 saturated heterocycles. The van der Waals surface area contributed by atoms with E-state index in [1.54, 1.807) is 37.4 Å². The fourth-order valence-electron chi connectivity index (χ4n) is 8.83. The zero-order valence-electron chi connectivity index (χ0n) is 31.1. The summed E-state index contributed by atoms with van der Waals surface area (Å²) in [6.45, 7) is 3.49. The number of carbonyl (C=O) groups excluding carboxylic acids is 5. The maximum atomic E-state index is 13.4. The van der Waals surface area contributed by atoms with Gasteiger partial charge in [0.25, 0.3) is 17.7 Å². The van der Waals surface area contributed by atoms with Crippen molar-refractivity contribution < 1.29 is 33.4 Å². The normalized spacial score (nSPS) is 23.3. The van der Waals surface area contributed by atoms with Crippen molar-refractivity contribution in [3.8, 4) is 11.8 Å². The zero-order chi connectivity index (χ0) is 39.1. The largest absolute Gasteiger partial charge is 0.490 e. The van der Waals surface area contributed by atoms with Crippen molar-refractivity contribution in [2.24, 2.45) is 0 Å². The van der Waals surface area contributed by atoms with Crippen LogP contribution in [0.15, 0.2) is 54.6 Å². The number of benzene rings is 3. The van der Waals surface area contributed by atoms with Crippen LogP contribution in [0.3, 0.4) is 0 Å². The van der Waals surface area contributed by atoms with Gasteiger partial charge in [0.05, 0.1) is 33.4 Å². The van der Waals surface area contributed by atoms with Crippen LogP contribution in [0.2, 0.25) is 5.02 Å². The summed E-state index contributed by atoms with van der Waals surface area (Å²) in [7, 11) is 1.76. The molecule has 13 nitrogen and oxygen atoms in total. The highest BCUT2D eigenvalue weighted by Crippen LogP contribution is 2.37. The summed E-state index contributed by atoms with van der Waals surface area (Å²) in [5, 5.41) is 14.9. The lowest BCUT2D eigenvalue weighted by Gasteiger charge is -2.43. The summed E-state index contributed by atoms with van der Waals surface area (Å²) in [6.07, 6.45) is 5.08. The number of rotatable bonds is 9. The number of fused-ring (bicyclic) bond motifs is 2.